The van der Waals surface area contributed by atoms with Gasteiger partial charge in [-0.25, -0.2) is 0 Å². The number of nitrogens with one attached hydrogen (secondary N) is 2. The molecule has 1 heterocycles. The van der Waals surface area contributed by atoms with Crippen LogP contribution in [0.4, 0.5) is 10.8 Å². The summed E-state index contributed by atoms with van der Waals surface area (Å²) in [7, 11) is 0. The molecule has 1 aromatic heterocycles. The number of thioether (sulfide) groups is 1. The van der Waals surface area contributed by atoms with Gasteiger partial charge in [-0.1, -0.05) is 47.4 Å². The highest BCUT2D eigenvalue weighted by Crippen LogP contribution is 2.31. The fraction of sp³-hybridized carbons (Fsp3) is 0.318. The summed E-state index contributed by atoms with van der Waals surface area (Å²) in [5, 5.41) is 15.5. The fourth-order valence-corrected chi connectivity index (χ4v) is 5.09. The van der Waals surface area contributed by atoms with E-state index in [0.717, 1.165) is 35.0 Å². The van der Waals surface area contributed by atoms with Gasteiger partial charge in [0, 0.05) is 5.69 Å². The maximum Gasteiger partial charge on any atom is 0.230 e. The molecule has 2 N–H and O–H groups in total. The molecule has 0 spiro atoms. The summed E-state index contributed by atoms with van der Waals surface area (Å²) < 4.78 is 6.22. The van der Waals surface area contributed by atoms with Gasteiger partial charge < -0.3 is 15.4 Å². The minimum absolute atomic E-state index is 0.0259. The third-order valence-corrected chi connectivity index (χ3v) is 6.83. The van der Waals surface area contributed by atoms with Gasteiger partial charge in [0.15, 0.2) is 4.34 Å². The van der Waals surface area contributed by atoms with Crippen molar-refractivity contribution in [2.75, 3.05) is 17.7 Å². The van der Waals surface area contributed by atoms with E-state index in [0.29, 0.717) is 17.5 Å². The van der Waals surface area contributed by atoms with Crippen molar-refractivity contribution in [3.63, 3.8) is 0 Å². The number of amides is 1. The maximum absolute atomic E-state index is 12.5. The topological polar surface area (TPSA) is 76.1 Å². The average Bonchev–Trinajstić information content (AvgIpc) is 3.21. The molecule has 0 fully saturated rings. The zero-order valence-corrected chi connectivity index (χ0v) is 18.4. The van der Waals surface area contributed by atoms with E-state index in [2.05, 4.69) is 39.0 Å². The van der Waals surface area contributed by atoms with Crippen molar-refractivity contribution in [3.8, 4) is 5.75 Å². The summed E-state index contributed by atoms with van der Waals surface area (Å²) in [4.78, 5) is 12.5. The van der Waals surface area contributed by atoms with E-state index >= 15 is 0 Å². The van der Waals surface area contributed by atoms with Gasteiger partial charge in [0.2, 0.25) is 11.0 Å². The van der Waals surface area contributed by atoms with Gasteiger partial charge in [-0.15, -0.1) is 10.2 Å². The highest BCUT2D eigenvalue weighted by Gasteiger charge is 2.21. The lowest BCUT2D eigenvalue weighted by Gasteiger charge is -2.26. The zero-order valence-electron chi connectivity index (χ0n) is 16.8. The number of aromatic nitrogens is 2. The van der Waals surface area contributed by atoms with Crippen LogP contribution in [0.2, 0.25) is 0 Å². The molecular weight excluding hydrogens is 416 g/mol. The van der Waals surface area contributed by atoms with Crippen LogP contribution in [-0.2, 0) is 11.2 Å². The number of fused-ring (bicyclic) bond motifs is 1. The van der Waals surface area contributed by atoms with Crippen molar-refractivity contribution in [2.24, 2.45) is 0 Å². The Labute approximate surface area is 184 Å². The second-order valence-corrected chi connectivity index (χ2v) is 9.16. The Morgan fingerprint density at radius 3 is 2.87 bits per heavy atom. The minimum atomic E-state index is 0.0259. The number of rotatable bonds is 8. The summed E-state index contributed by atoms with van der Waals surface area (Å²) in [5.41, 5.74) is 3.51. The zero-order chi connectivity index (χ0) is 20.8. The van der Waals surface area contributed by atoms with Crippen LogP contribution in [-0.4, -0.2) is 28.5 Å². The summed E-state index contributed by atoms with van der Waals surface area (Å²) in [6.45, 7) is 2.60. The van der Waals surface area contributed by atoms with E-state index in [-0.39, 0.29) is 11.9 Å². The molecule has 30 heavy (non-hydrogen) atoms. The summed E-state index contributed by atoms with van der Waals surface area (Å²) in [6, 6.07) is 16.2. The Morgan fingerprint density at radius 2 is 2.03 bits per heavy atom. The number of carbonyl (C=O) groups is 1. The van der Waals surface area contributed by atoms with Gasteiger partial charge in [-0.05, 0) is 61.6 Å². The van der Waals surface area contributed by atoms with Gasteiger partial charge in [-0.2, -0.15) is 0 Å². The van der Waals surface area contributed by atoms with Gasteiger partial charge >= 0.3 is 0 Å². The summed E-state index contributed by atoms with van der Waals surface area (Å²) in [5.74, 6) is 1.19. The Bertz CT molecular complexity index is 991. The van der Waals surface area contributed by atoms with Gasteiger partial charge in [0.1, 0.15) is 5.75 Å². The van der Waals surface area contributed by atoms with Crippen molar-refractivity contribution in [3.05, 3.63) is 59.7 Å². The predicted octanol–water partition coefficient (Wildman–Crippen LogP) is 4.97. The van der Waals surface area contributed by atoms with Crippen LogP contribution in [0, 0.1) is 0 Å². The second-order valence-electron chi connectivity index (χ2n) is 6.96. The molecule has 3 aromatic rings. The Kier molecular flexibility index (Phi) is 6.86. The van der Waals surface area contributed by atoms with E-state index in [4.69, 9.17) is 4.74 Å². The molecule has 1 atom stereocenters. The average molecular weight is 441 g/mol. The number of ether oxygens (including phenoxy) is 1. The molecule has 1 aliphatic carbocycles. The highest BCUT2D eigenvalue weighted by molar-refractivity contribution is 8.01. The molecule has 1 aliphatic rings. The molecule has 4 rings (SSSR count). The first-order chi connectivity index (χ1) is 14.7. The van der Waals surface area contributed by atoms with Crippen LogP contribution in [0.15, 0.2) is 52.9 Å². The molecule has 0 aliphatic heterocycles. The van der Waals surface area contributed by atoms with Crippen molar-refractivity contribution in [1.82, 2.24) is 15.5 Å². The number of hydrogen-bond donors (Lipinski definition) is 2. The molecule has 156 valence electrons. The lowest BCUT2D eigenvalue weighted by Crippen LogP contribution is -2.32. The first-order valence-corrected chi connectivity index (χ1v) is 11.8. The number of nitrogens with zero attached hydrogens (tertiary/aromatic N) is 2. The van der Waals surface area contributed by atoms with E-state index in [1.54, 1.807) is 0 Å². The van der Waals surface area contributed by atoms with Crippen molar-refractivity contribution < 1.29 is 9.53 Å². The number of anilines is 2. The smallest absolute Gasteiger partial charge is 0.230 e. The molecule has 6 nitrogen and oxygen atoms in total. The molecule has 2 aromatic carbocycles. The SMILES string of the molecule is CCOc1ccc(Nc2nnc(SCC(=O)N[C@@H]3CCCc4ccccc43)s2)cc1. The molecular formula is C22H24N4O2S2. The number of hydrogen-bond acceptors (Lipinski definition) is 7. The van der Waals surface area contributed by atoms with Crippen LogP contribution < -0.4 is 15.4 Å². The normalized spacial score (nSPS) is 15.3. The number of carbonyl (C=O) groups excluding carboxylic acids is 1. The lowest BCUT2D eigenvalue weighted by molar-refractivity contribution is -0.119. The molecule has 0 saturated carbocycles. The van der Waals surface area contributed by atoms with Gasteiger partial charge in [-0.3, -0.25) is 4.79 Å². The predicted molar refractivity (Wildman–Crippen MR) is 122 cm³/mol. The second kappa shape index (κ2) is 9.95. The van der Waals surface area contributed by atoms with Gasteiger partial charge in [0.25, 0.3) is 0 Å². The minimum Gasteiger partial charge on any atom is -0.494 e. The quantitative estimate of drug-likeness (QED) is 0.482. The van der Waals surface area contributed by atoms with Crippen LogP contribution in [0.25, 0.3) is 0 Å². The van der Waals surface area contributed by atoms with Crippen molar-refractivity contribution >= 4 is 39.8 Å². The standard InChI is InChI=1S/C22H24N4O2S2/c1-2-28-17-12-10-16(11-13-17)23-21-25-26-22(30-21)29-14-20(27)24-19-9-5-7-15-6-3-4-8-18(15)19/h3-4,6,8,10-13,19H,2,5,7,9,14H2,1H3,(H,23,25)(H,24,27)/t19-/m1/s1. The largest absolute Gasteiger partial charge is 0.494 e. The first kappa shape index (κ1) is 20.7. The molecule has 0 saturated heterocycles. The number of benzene rings is 2. The van der Waals surface area contributed by atoms with E-state index < -0.39 is 0 Å². The monoisotopic (exact) mass is 440 g/mol. The summed E-state index contributed by atoms with van der Waals surface area (Å²) >= 11 is 2.85. The van der Waals surface area contributed by atoms with Crippen LogP contribution in [0.5, 0.6) is 5.75 Å². The van der Waals surface area contributed by atoms with Crippen LogP contribution in [0.1, 0.15) is 36.9 Å². The molecule has 0 unspecified atom stereocenters. The summed E-state index contributed by atoms with van der Waals surface area (Å²) in [6.07, 6.45) is 3.18. The fourth-order valence-electron chi connectivity index (χ4n) is 3.51. The molecule has 0 radical (unpaired) electrons. The van der Waals surface area contributed by atoms with E-state index in [1.165, 1.54) is 34.2 Å². The van der Waals surface area contributed by atoms with E-state index in [9.17, 15) is 4.79 Å². The maximum atomic E-state index is 12.5. The molecule has 0 bridgehead atoms. The molecule has 1 amide bonds. The van der Waals surface area contributed by atoms with Gasteiger partial charge in [0.05, 0.1) is 18.4 Å². The molecule has 8 heteroatoms. The van der Waals surface area contributed by atoms with Crippen LogP contribution in [0.3, 0.4) is 0 Å². The Balaban J connectivity index is 1.28. The van der Waals surface area contributed by atoms with Crippen molar-refractivity contribution in [2.45, 2.75) is 36.6 Å². The third kappa shape index (κ3) is 5.31. The Morgan fingerprint density at radius 1 is 1.20 bits per heavy atom. The lowest BCUT2D eigenvalue weighted by atomic mass is 9.88. The van der Waals surface area contributed by atoms with Crippen LogP contribution >= 0.6 is 23.1 Å². The van der Waals surface area contributed by atoms with Crippen molar-refractivity contribution in [1.29, 1.82) is 0 Å². The highest BCUT2D eigenvalue weighted by atomic mass is 32.2. The number of aryl methyl sites for hydroxylation is 1. The Hall–Kier alpha value is -2.58. The third-order valence-electron chi connectivity index (χ3n) is 4.85. The van der Waals surface area contributed by atoms with E-state index in [1.807, 2.05) is 37.3 Å². The first-order valence-electron chi connectivity index (χ1n) is 10.0.